The number of nitrogens with one attached hydrogen (secondary N) is 1. The fourth-order valence-corrected chi connectivity index (χ4v) is 3.26. The molecule has 0 aromatic carbocycles. The number of amides is 1. The van der Waals surface area contributed by atoms with Crippen molar-refractivity contribution in [3.63, 3.8) is 0 Å². The molecule has 0 aliphatic heterocycles. The van der Waals surface area contributed by atoms with Gasteiger partial charge in [-0.05, 0) is 77.2 Å². The Bertz CT molecular complexity index is 324. The summed E-state index contributed by atoms with van der Waals surface area (Å²) in [6, 6.07) is 0.277. The van der Waals surface area contributed by atoms with Crippen molar-refractivity contribution in [2.75, 3.05) is 6.54 Å². The molecule has 2 rings (SSSR count). The first-order valence-corrected chi connectivity index (χ1v) is 7.54. The highest BCUT2D eigenvalue weighted by Crippen LogP contribution is 2.55. The Labute approximate surface area is 116 Å². The monoisotopic (exact) mass is 268 g/mol. The predicted molar refractivity (Wildman–Crippen MR) is 75.8 cm³/mol. The van der Waals surface area contributed by atoms with E-state index in [1.54, 1.807) is 0 Å². The normalized spacial score (nSPS) is 29.7. The van der Waals surface area contributed by atoms with Crippen molar-refractivity contribution in [3.05, 3.63) is 0 Å². The summed E-state index contributed by atoms with van der Waals surface area (Å²) in [5, 5.41) is 2.99. The minimum absolute atomic E-state index is 0.277. The molecule has 0 radical (unpaired) electrons. The Kier molecular flexibility index (Phi) is 4.09. The van der Waals surface area contributed by atoms with Crippen LogP contribution in [0.1, 0.15) is 59.3 Å². The Morgan fingerprint density at radius 1 is 1.26 bits per heavy atom. The molecule has 19 heavy (non-hydrogen) atoms. The van der Waals surface area contributed by atoms with Crippen LogP contribution in [0.15, 0.2) is 0 Å². The largest absolute Gasteiger partial charge is 0.444 e. The predicted octanol–water partition coefficient (Wildman–Crippen LogP) is 2.81. The van der Waals surface area contributed by atoms with Crippen LogP contribution in [0.4, 0.5) is 4.79 Å². The maximum Gasteiger partial charge on any atom is 0.407 e. The lowest BCUT2D eigenvalue weighted by molar-refractivity contribution is 0.0481. The average Bonchev–Trinajstić information content (AvgIpc) is 3.08. The van der Waals surface area contributed by atoms with Crippen LogP contribution in [-0.2, 0) is 4.74 Å². The highest BCUT2D eigenvalue weighted by atomic mass is 16.6. The highest BCUT2D eigenvalue weighted by molar-refractivity contribution is 5.68. The van der Waals surface area contributed by atoms with E-state index in [1.807, 2.05) is 20.8 Å². The summed E-state index contributed by atoms with van der Waals surface area (Å²) in [5.41, 5.74) is 5.93. The molecular formula is C15H28N2O2. The van der Waals surface area contributed by atoms with E-state index in [2.05, 4.69) is 5.32 Å². The summed E-state index contributed by atoms with van der Waals surface area (Å²) in [6.07, 6.45) is 6.83. The van der Waals surface area contributed by atoms with Gasteiger partial charge in [-0.15, -0.1) is 0 Å². The van der Waals surface area contributed by atoms with Crippen LogP contribution >= 0.6 is 0 Å². The minimum atomic E-state index is -0.418. The Hall–Kier alpha value is -0.770. The number of hydrogen-bond donors (Lipinski definition) is 2. The molecule has 0 bridgehead atoms. The van der Waals surface area contributed by atoms with Crippen LogP contribution in [0.5, 0.6) is 0 Å². The molecule has 0 saturated heterocycles. The smallest absolute Gasteiger partial charge is 0.407 e. The van der Waals surface area contributed by atoms with Gasteiger partial charge in [0.1, 0.15) is 5.60 Å². The summed E-state index contributed by atoms with van der Waals surface area (Å²) in [4.78, 5) is 11.7. The van der Waals surface area contributed by atoms with E-state index < -0.39 is 5.60 Å². The molecule has 1 amide bonds. The molecule has 2 fully saturated rings. The molecule has 110 valence electrons. The van der Waals surface area contributed by atoms with Crippen LogP contribution in [0.25, 0.3) is 0 Å². The lowest BCUT2D eigenvalue weighted by Crippen LogP contribution is -2.42. The summed E-state index contributed by atoms with van der Waals surface area (Å²) in [7, 11) is 0. The number of rotatable bonds is 3. The van der Waals surface area contributed by atoms with Crippen molar-refractivity contribution in [1.29, 1.82) is 0 Å². The Balaban J connectivity index is 1.73. The Morgan fingerprint density at radius 3 is 2.26 bits per heavy atom. The van der Waals surface area contributed by atoms with E-state index in [0.29, 0.717) is 5.41 Å². The van der Waals surface area contributed by atoms with Gasteiger partial charge in [-0.2, -0.15) is 0 Å². The fraction of sp³-hybridized carbons (Fsp3) is 0.933. The van der Waals surface area contributed by atoms with Gasteiger partial charge in [0.05, 0.1) is 0 Å². The van der Waals surface area contributed by atoms with E-state index in [1.165, 1.54) is 25.7 Å². The first-order valence-electron chi connectivity index (χ1n) is 7.54. The number of hydrogen-bond acceptors (Lipinski definition) is 3. The van der Waals surface area contributed by atoms with Gasteiger partial charge in [-0.25, -0.2) is 4.79 Å². The van der Waals surface area contributed by atoms with E-state index in [0.717, 1.165) is 25.3 Å². The third-order valence-electron chi connectivity index (χ3n) is 4.61. The first kappa shape index (κ1) is 14.6. The molecule has 0 unspecified atom stereocenters. The van der Waals surface area contributed by atoms with Crippen LogP contribution in [0, 0.1) is 11.3 Å². The summed E-state index contributed by atoms with van der Waals surface area (Å²) in [5.74, 6) is 0.772. The van der Waals surface area contributed by atoms with Crippen LogP contribution < -0.4 is 11.1 Å². The molecule has 4 heteroatoms. The number of carbonyl (C=O) groups excluding carboxylic acids is 1. The van der Waals surface area contributed by atoms with Gasteiger partial charge in [0, 0.05) is 6.04 Å². The number of carbonyl (C=O) groups is 1. The van der Waals surface area contributed by atoms with Crippen molar-refractivity contribution >= 4 is 6.09 Å². The van der Waals surface area contributed by atoms with Crippen molar-refractivity contribution in [1.82, 2.24) is 5.32 Å². The molecule has 0 aromatic heterocycles. The maximum absolute atomic E-state index is 11.7. The van der Waals surface area contributed by atoms with Crippen LogP contribution in [-0.4, -0.2) is 24.3 Å². The summed E-state index contributed by atoms with van der Waals surface area (Å²) < 4.78 is 5.30. The molecule has 2 saturated carbocycles. The standard InChI is InChI=1S/C15H28N2O2/c1-14(2,3)19-13(18)17-12-6-4-11(5-7-12)15(10-16)8-9-15/h11-12H,4-10,16H2,1-3H3,(H,17,18). The van der Waals surface area contributed by atoms with Gasteiger partial charge >= 0.3 is 6.09 Å². The average molecular weight is 268 g/mol. The van der Waals surface area contributed by atoms with Gasteiger partial charge in [-0.3, -0.25) is 0 Å². The van der Waals surface area contributed by atoms with Crippen molar-refractivity contribution in [3.8, 4) is 0 Å². The van der Waals surface area contributed by atoms with E-state index in [4.69, 9.17) is 10.5 Å². The molecule has 4 nitrogen and oxygen atoms in total. The third kappa shape index (κ3) is 3.85. The van der Waals surface area contributed by atoms with E-state index in [-0.39, 0.29) is 12.1 Å². The number of alkyl carbamates (subject to hydrolysis) is 1. The third-order valence-corrected chi connectivity index (χ3v) is 4.61. The maximum atomic E-state index is 11.7. The summed E-state index contributed by atoms with van der Waals surface area (Å²) in [6.45, 7) is 6.51. The van der Waals surface area contributed by atoms with Gasteiger partial charge in [0.2, 0.25) is 0 Å². The molecule has 0 heterocycles. The lowest BCUT2D eigenvalue weighted by atomic mass is 9.76. The second-order valence-corrected chi connectivity index (χ2v) is 7.26. The molecule has 0 spiro atoms. The second kappa shape index (κ2) is 5.31. The number of ether oxygens (including phenoxy) is 1. The van der Waals surface area contributed by atoms with Crippen molar-refractivity contribution in [2.24, 2.45) is 17.1 Å². The number of nitrogens with two attached hydrogens (primary N) is 1. The van der Waals surface area contributed by atoms with Gasteiger partial charge in [0.25, 0.3) is 0 Å². The van der Waals surface area contributed by atoms with E-state index >= 15 is 0 Å². The zero-order valence-electron chi connectivity index (χ0n) is 12.5. The minimum Gasteiger partial charge on any atom is -0.444 e. The van der Waals surface area contributed by atoms with Crippen LogP contribution in [0.3, 0.4) is 0 Å². The van der Waals surface area contributed by atoms with Crippen molar-refractivity contribution in [2.45, 2.75) is 70.9 Å². The van der Waals surface area contributed by atoms with E-state index in [9.17, 15) is 4.79 Å². The SMILES string of the molecule is CC(C)(C)OC(=O)NC1CCC(C2(CN)CC2)CC1. The molecule has 2 aliphatic carbocycles. The molecular weight excluding hydrogens is 240 g/mol. The second-order valence-electron chi connectivity index (χ2n) is 7.26. The van der Waals surface area contributed by atoms with Gasteiger partial charge in [0.15, 0.2) is 0 Å². The zero-order valence-corrected chi connectivity index (χ0v) is 12.5. The van der Waals surface area contributed by atoms with Crippen molar-refractivity contribution < 1.29 is 9.53 Å². The Morgan fingerprint density at radius 2 is 1.84 bits per heavy atom. The quantitative estimate of drug-likeness (QED) is 0.827. The zero-order chi connectivity index (χ0) is 14.1. The van der Waals surface area contributed by atoms with Gasteiger partial charge < -0.3 is 15.8 Å². The molecule has 3 N–H and O–H groups in total. The fourth-order valence-electron chi connectivity index (χ4n) is 3.26. The van der Waals surface area contributed by atoms with Gasteiger partial charge in [-0.1, -0.05) is 0 Å². The molecule has 0 aromatic rings. The highest BCUT2D eigenvalue weighted by Gasteiger charge is 2.48. The van der Waals surface area contributed by atoms with Crippen LogP contribution in [0.2, 0.25) is 0 Å². The topological polar surface area (TPSA) is 64.3 Å². The summed E-state index contributed by atoms with van der Waals surface area (Å²) >= 11 is 0. The lowest BCUT2D eigenvalue weighted by Gasteiger charge is -2.34. The first-order chi connectivity index (χ1) is 8.85. The molecule has 0 atom stereocenters. The molecule has 2 aliphatic rings.